The number of hydrogen-bond acceptors (Lipinski definition) is 2. The normalized spacial score (nSPS) is 10.2. The van der Waals surface area contributed by atoms with Crippen molar-refractivity contribution in [1.82, 2.24) is 5.32 Å². The van der Waals surface area contributed by atoms with Crippen LogP contribution in [0, 0.1) is 17.5 Å². The first-order valence-electron chi connectivity index (χ1n) is 5.90. The van der Waals surface area contributed by atoms with Crippen molar-refractivity contribution in [1.29, 1.82) is 0 Å². The quantitative estimate of drug-likeness (QED) is 0.882. The van der Waals surface area contributed by atoms with Crippen LogP contribution in [-0.2, 0) is 0 Å². The molecule has 0 heterocycles. The van der Waals surface area contributed by atoms with Crippen LogP contribution < -0.4 is 10.6 Å². The Hall–Kier alpha value is -2.54. The molecule has 0 unspecified atom stereocenters. The molecule has 4 nitrogen and oxygen atoms in total. The van der Waals surface area contributed by atoms with Crippen LogP contribution in [0.2, 0.25) is 5.02 Å². The van der Waals surface area contributed by atoms with Crippen molar-refractivity contribution < 1.29 is 22.8 Å². The average molecular weight is 329 g/mol. The zero-order valence-electron chi connectivity index (χ0n) is 10.8. The van der Waals surface area contributed by atoms with E-state index in [2.05, 4.69) is 0 Å². The van der Waals surface area contributed by atoms with Crippen LogP contribution in [0.15, 0.2) is 36.4 Å². The number of imide groups is 1. The van der Waals surface area contributed by atoms with Gasteiger partial charge in [-0.1, -0.05) is 17.7 Å². The summed E-state index contributed by atoms with van der Waals surface area (Å²) in [5.74, 6) is -4.36. The number of rotatable bonds is 2. The van der Waals surface area contributed by atoms with Crippen molar-refractivity contribution in [2.75, 3.05) is 5.32 Å². The summed E-state index contributed by atoms with van der Waals surface area (Å²) in [6, 6.07) is 5.11. The van der Waals surface area contributed by atoms with Crippen LogP contribution in [0.5, 0.6) is 0 Å². The lowest BCUT2D eigenvalue weighted by molar-refractivity contribution is 0.0959. The van der Waals surface area contributed by atoms with E-state index in [1.807, 2.05) is 5.32 Å². The van der Waals surface area contributed by atoms with Crippen molar-refractivity contribution in [2.45, 2.75) is 0 Å². The van der Waals surface area contributed by atoms with E-state index in [1.165, 1.54) is 12.1 Å². The number of carbonyl (C=O) groups is 2. The van der Waals surface area contributed by atoms with Gasteiger partial charge in [0.25, 0.3) is 5.91 Å². The van der Waals surface area contributed by atoms with Crippen molar-refractivity contribution in [3.8, 4) is 0 Å². The van der Waals surface area contributed by atoms with Gasteiger partial charge in [-0.15, -0.1) is 0 Å². The van der Waals surface area contributed by atoms with Crippen molar-refractivity contribution in [2.24, 2.45) is 0 Å². The minimum Gasteiger partial charge on any atom is -0.305 e. The summed E-state index contributed by atoms with van der Waals surface area (Å²) in [7, 11) is 0. The second-order valence-corrected chi connectivity index (χ2v) is 4.57. The van der Waals surface area contributed by atoms with Crippen molar-refractivity contribution in [3.05, 3.63) is 64.4 Å². The summed E-state index contributed by atoms with van der Waals surface area (Å²) in [5, 5.41) is 3.85. The summed E-state index contributed by atoms with van der Waals surface area (Å²) < 4.78 is 40.2. The van der Waals surface area contributed by atoms with Crippen LogP contribution in [0.4, 0.5) is 23.7 Å². The molecule has 0 fully saturated rings. The van der Waals surface area contributed by atoms with E-state index < -0.39 is 35.0 Å². The Labute approximate surface area is 127 Å². The summed E-state index contributed by atoms with van der Waals surface area (Å²) in [6.07, 6.45) is 0. The summed E-state index contributed by atoms with van der Waals surface area (Å²) in [6.45, 7) is 0. The summed E-state index contributed by atoms with van der Waals surface area (Å²) in [5.41, 5.74) is -1.15. The second kappa shape index (κ2) is 6.48. The molecule has 2 aromatic carbocycles. The Morgan fingerprint density at radius 2 is 1.59 bits per heavy atom. The first kappa shape index (κ1) is 15.8. The maximum Gasteiger partial charge on any atom is 0.326 e. The van der Waals surface area contributed by atoms with E-state index in [1.54, 1.807) is 5.32 Å². The molecule has 3 amide bonds. The predicted octanol–water partition coefficient (Wildman–Crippen LogP) is 3.72. The smallest absolute Gasteiger partial charge is 0.305 e. The van der Waals surface area contributed by atoms with Crippen LogP contribution in [-0.4, -0.2) is 11.9 Å². The predicted molar refractivity (Wildman–Crippen MR) is 74.3 cm³/mol. The Morgan fingerprint density at radius 1 is 0.955 bits per heavy atom. The fourth-order valence-electron chi connectivity index (χ4n) is 1.62. The number of nitrogens with one attached hydrogen (secondary N) is 2. The highest BCUT2D eigenvalue weighted by Crippen LogP contribution is 2.18. The third-order valence-electron chi connectivity index (χ3n) is 2.60. The molecule has 8 heteroatoms. The number of hydrogen-bond donors (Lipinski definition) is 2. The molecule has 0 radical (unpaired) electrons. The van der Waals surface area contributed by atoms with E-state index in [0.29, 0.717) is 0 Å². The highest BCUT2D eigenvalue weighted by atomic mass is 35.5. The topological polar surface area (TPSA) is 58.2 Å². The van der Waals surface area contributed by atoms with Gasteiger partial charge in [0, 0.05) is 5.02 Å². The minimum absolute atomic E-state index is 0.118. The Balaban J connectivity index is 2.10. The molecule has 2 aromatic rings. The third-order valence-corrected chi connectivity index (χ3v) is 2.83. The van der Waals surface area contributed by atoms with Gasteiger partial charge in [0.1, 0.15) is 23.0 Å². The van der Waals surface area contributed by atoms with Crippen LogP contribution in [0.25, 0.3) is 0 Å². The van der Waals surface area contributed by atoms with Gasteiger partial charge in [-0.3, -0.25) is 10.1 Å². The van der Waals surface area contributed by atoms with E-state index in [-0.39, 0.29) is 10.7 Å². The highest BCUT2D eigenvalue weighted by molar-refractivity contribution is 6.30. The molecule has 0 bridgehead atoms. The molecular formula is C14H8ClF3N2O2. The molecule has 0 atom stereocenters. The first-order valence-corrected chi connectivity index (χ1v) is 6.27. The van der Waals surface area contributed by atoms with Gasteiger partial charge in [0.15, 0.2) is 0 Å². The molecule has 0 aliphatic rings. The molecule has 0 aromatic heterocycles. The monoisotopic (exact) mass is 328 g/mol. The third kappa shape index (κ3) is 3.56. The minimum atomic E-state index is -1.29. The van der Waals surface area contributed by atoms with Gasteiger partial charge in [0.2, 0.25) is 0 Å². The molecule has 2 N–H and O–H groups in total. The van der Waals surface area contributed by atoms with Gasteiger partial charge in [0.05, 0.1) is 5.69 Å². The lowest BCUT2D eigenvalue weighted by Crippen LogP contribution is -2.35. The maximum atomic E-state index is 13.5. The number of amides is 3. The van der Waals surface area contributed by atoms with E-state index in [0.717, 1.165) is 24.3 Å². The van der Waals surface area contributed by atoms with E-state index in [9.17, 15) is 22.8 Å². The second-order valence-electron chi connectivity index (χ2n) is 4.13. The van der Waals surface area contributed by atoms with Crippen molar-refractivity contribution in [3.63, 3.8) is 0 Å². The number of urea groups is 1. The first-order chi connectivity index (χ1) is 10.4. The molecule has 22 heavy (non-hydrogen) atoms. The van der Waals surface area contributed by atoms with Gasteiger partial charge >= 0.3 is 6.03 Å². The Morgan fingerprint density at radius 3 is 2.18 bits per heavy atom. The number of anilines is 1. The molecule has 114 valence electrons. The number of carbonyl (C=O) groups excluding carboxylic acids is 2. The fourth-order valence-corrected chi connectivity index (χ4v) is 1.78. The number of benzene rings is 2. The molecule has 0 spiro atoms. The molecule has 0 saturated carbocycles. The van der Waals surface area contributed by atoms with Gasteiger partial charge in [-0.25, -0.2) is 18.0 Å². The Bertz CT molecular complexity index is 733. The number of halogens is 4. The SMILES string of the molecule is O=C(NC(=O)c1c(F)cccc1F)Nc1ccc(Cl)cc1F. The summed E-state index contributed by atoms with van der Waals surface area (Å²) in [4.78, 5) is 23.2. The van der Waals surface area contributed by atoms with Gasteiger partial charge in [-0.2, -0.15) is 0 Å². The van der Waals surface area contributed by atoms with E-state index in [4.69, 9.17) is 11.6 Å². The van der Waals surface area contributed by atoms with Crippen LogP contribution in [0.1, 0.15) is 10.4 Å². The van der Waals surface area contributed by atoms with E-state index >= 15 is 0 Å². The standard InChI is InChI=1S/C14H8ClF3N2O2/c15-7-4-5-11(10(18)6-7)19-14(22)20-13(21)12-8(16)2-1-3-9(12)17/h1-6H,(H2,19,20,21,22). The molecule has 0 saturated heterocycles. The summed E-state index contributed by atoms with van der Waals surface area (Å²) >= 11 is 5.55. The molecule has 2 rings (SSSR count). The fraction of sp³-hybridized carbons (Fsp3) is 0. The molecular weight excluding hydrogens is 321 g/mol. The Kier molecular flexibility index (Phi) is 4.67. The lowest BCUT2D eigenvalue weighted by Gasteiger charge is -2.08. The molecule has 0 aliphatic carbocycles. The average Bonchev–Trinajstić information content (AvgIpc) is 2.41. The van der Waals surface area contributed by atoms with Crippen molar-refractivity contribution >= 4 is 29.2 Å². The zero-order valence-corrected chi connectivity index (χ0v) is 11.5. The largest absolute Gasteiger partial charge is 0.326 e. The van der Waals surface area contributed by atoms with Crippen LogP contribution in [0.3, 0.4) is 0 Å². The highest BCUT2D eigenvalue weighted by Gasteiger charge is 2.19. The van der Waals surface area contributed by atoms with Gasteiger partial charge < -0.3 is 5.32 Å². The molecule has 0 aliphatic heterocycles. The maximum absolute atomic E-state index is 13.5. The zero-order chi connectivity index (χ0) is 16.3. The van der Waals surface area contributed by atoms with Gasteiger partial charge in [-0.05, 0) is 30.3 Å². The van der Waals surface area contributed by atoms with Crippen LogP contribution >= 0.6 is 11.6 Å². The lowest BCUT2D eigenvalue weighted by atomic mass is 10.2.